The second-order valence-corrected chi connectivity index (χ2v) is 5.40. The Labute approximate surface area is 140 Å². The number of carbonyl (C=O) groups is 1. The first-order chi connectivity index (χ1) is 11.7. The summed E-state index contributed by atoms with van der Waals surface area (Å²) < 4.78 is 10.2. The highest BCUT2D eigenvalue weighted by molar-refractivity contribution is 5.96. The lowest BCUT2D eigenvalue weighted by molar-refractivity contribution is 0.0601. The van der Waals surface area contributed by atoms with Gasteiger partial charge in [0.05, 0.1) is 31.6 Å². The fourth-order valence-electron chi connectivity index (χ4n) is 2.66. The molecule has 1 aliphatic heterocycles. The van der Waals surface area contributed by atoms with Crippen molar-refractivity contribution in [2.45, 2.75) is 0 Å². The van der Waals surface area contributed by atoms with Crippen LogP contribution in [-0.4, -0.2) is 56.4 Å². The van der Waals surface area contributed by atoms with Crippen LogP contribution in [0.25, 0.3) is 0 Å². The summed E-state index contributed by atoms with van der Waals surface area (Å²) in [5.74, 6) is 1.19. The molecular formula is C17H20N4O3. The molecule has 0 amide bonds. The van der Waals surface area contributed by atoms with Gasteiger partial charge in [-0.2, -0.15) is 0 Å². The number of anilines is 3. The molecule has 1 aliphatic rings. The Balaban J connectivity index is 1.90. The average molecular weight is 328 g/mol. The first-order valence-corrected chi connectivity index (χ1v) is 7.76. The molecule has 7 heteroatoms. The van der Waals surface area contributed by atoms with E-state index < -0.39 is 0 Å². The fourth-order valence-corrected chi connectivity index (χ4v) is 2.66. The lowest BCUT2D eigenvalue weighted by Gasteiger charge is -2.28. The monoisotopic (exact) mass is 328 g/mol. The van der Waals surface area contributed by atoms with Crippen LogP contribution in [0, 0.1) is 0 Å². The number of carbonyl (C=O) groups excluding carboxylic acids is 1. The van der Waals surface area contributed by atoms with E-state index in [1.54, 1.807) is 6.07 Å². The Hall–Kier alpha value is -2.67. The second-order valence-electron chi connectivity index (χ2n) is 5.40. The van der Waals surface area contributed by atoms with E-state index in [9.17, 15) is 4.79 Å². The normalized spacial score (nSPS) is 14.3. The zero-order chi connectivity index (χ0) is 16.9. The highest BCUT2D eigenvalue weighted by atomic mass is 16.5. The lowest BCUT2D eigenvalue weighted by atomic mass is 10.1. The van der Waals surface area contributed by atoms with Gasteiger partial charge in [0.1, 0.15) is 18.0 Å². The van der Waals surface area contributed by atoms with Crippen molar-refractivity contribution < 1.29 is 14.3 Å². The molecule has 1 fully saturated rings. The van der Waals surface area contributed by atoms with Crippen LogP contribution in [0.1, 0.15) is 10.4 Å². The van der Waals surface area contributed by atoms with Crippen molar-refractivity contribution in [1.82, 2.24) is 9.97 Å². The quantitative estimate of drug-likeness (QED) is 0.794. The smallest absolute Gasteiger partial charge is 0.339 e. The van der Waals surface area contributed by atoms with E-state index in [0.717, 1.165) is 24.6 Å². The number of para-hydroxylation sites is 1. The van der Waals surface area contributed by atoms with Gasteiger partial charge in [0, 0.05) is 26.2 Å². The van der Waals surface area contributed by atoms with Crippen LogP contribution in [0.3, 0.4) is 0 Å². The van der Waals surface area contributed by atoms with Crippen molar-refractivity contribution in [2.24, 2.45) is 0 Å². The van der Waals surface area contributed by atoms with Gasteiger partial charge in [0.2, 0.25) is 0 Å². The third kappa shape index (κ3) is 3.30. The molecule has 0 saturated carbocycles. The summed E-state index contributed by atoms with van der Waals surface area (Å²) in [6.07, 6.45) is 1.54. The van der Waals surface area contributed by atoms with E-state index in [0.29, 0.717) is 24.6 Å². The minimum absolute atomic E-state index is 0.375. The van der Waals surface area contributed by atoms with Crippen molar-refractivity contribution in [3.8, 4) is 0 Å². The number of methoxy groups -OCH3 is 1. The van der Waals surface area contributed by atoms with Gasteiger partial charge in [-0.1, -0.05) is 12.1 Å². The Kier molecular flexibility index (Phi) is 4.90. The first kappa shape index (κ1) is 16.2. The average Bonchev–Trinajstić information content (AvgIpc) is 2.67. The van der Waals surface area contributed by atoms with Crippen molar-refractivity contribution in [3.05, 3.63) is 42.2 Å². The Morgan fingerprint density at radius 2 is 2.00 bits per heavy atom. The maximum Gasteiger partial charge on any atom is 0.339 e. The molecule has 126 valence electrons. The third-order valence-electron chi connectivity index (χ3n) is 3.99. The molecule has 1 saturated heterocycles. The topological polar surface area (TPSA) is 67.8 Å². The number of ether oxygens (including phenoxy) is 2. The zero-order valence-corrected chi connectivity index (χ0v) is 13.8. The molecule has 0 bridgehead atoms. The van der Waals surface area contributed by atoms with Gasteiger partial charge in [-0.15, -0.1) is 0 Å². The molecule has 1 aromatic heterocycles. The van der Waals surface area contributed by atoms with Gasteiger partial charge in [0.15, 0.2) is 0 Å². The minimum Gasteiger partial charge on any atom is -0.465 e. The third-order valence-corrected chi connectivity index (χ3v) is 3.99. The van der Waals surface area contributed by atoms with Crippen molar-refractivity contribution in [1.29, 1.82) is 0 Å². The predicted octanol–water partition coefficient (Wildman–Crippen LogP) is 1.87. The van der Waals surface area contributed by atoms with Gasteiger partial charge in [0.25, 0.3) is 0 Å². The van der Waals surface area contributed by atoms with Crippen molar-refractivity contribution >= 4 is 23.3 Å². The van der Waals surface area contributed by atoms with Crippen molar-refractivity contribution in [2.75, 3.05) is 50.3 Å². The summed E-state index contributed by atoms with van der Waals surface area (Å²) in [6.45, 7) is 3.00. The number of hydrogen-bond acceptors (Lipinski definition) is 7. The second kappa shape index (κ2) is 7.27. The van der Waals surface area contributed by atoms with Crippen LogP contribution in [0.5, 0.6) is 0 Å². The SMILES string of the molecule is COC(=O)c1ccccc1N(C)c1cc(N2CCOCC2)ncn1. The predicted molar refractivity (Wildman–Crippen MR) is 90.9 cm³/mol. The standard InChI is InChI=1S/C17H20N4O3/c1-20(14-6-4-3-5-13(14)17(22)23-2)15-11-16(19-12-18-15)21-7-9-24-10-8-21/h3-6,11-12H,7-10H2,1-2H3. The number of aromatic nitrogens is 2. The molecule has 7 nitrogen and oxygen atoms in total. The molecule has 2 heterocycles. The van der Waals surface area contributed by atoms with Gasteiger partial charge in [-0.3, -0.25) is 0 Å². The van der Waals surface area contributed by atoms with Crippen LogP contribution in [0.2, 0.25) is 0 Å². The van der Waals surface area contributed by atoms with Crippen LogP contribution in [0.15, 0.2) is 36.7 Å². The summed E-state index contributed by atoms with van der Waals surface area (Å²) in [5.41, 5.74) is 1.23. The highest BCUT2D eigenvalue weighted by Crippen LogP contribution is 2.27. The van der Waals surface area contributed by atoms with Gasteiger partial charge < -0.3 is 19.3 Å². The van der Waals surface area contributed by atoms with E-state index in [-0.39, 0.29) is 5.97 Å². The van der Waals surface area contributed by atoms with Crippen LogP contribution in [-0.2, 0) is 9.47 Å². The maximum atomic E-state index is 12.0. The number of nitrogens with zero attached hydrogens (tertiary/aromatic N) is 4. The Morgan fingerprint density at radius 1 is 1.25 bits per heavy atom. The Bertz CT molecular complexity index is 716. The molecule has 0 atom stereocenters. The molecular weight excluding hydrogens is 308 g/mol. The summed E-state index contributed by atoms with van der Waals surface area (Å²) >= 11 is 0. The summed E-state index contributed by atoms with van der Waals surface area (Å²) in [6, 6.07) is 9.20. The summed E-state index contributed by atoms with van der Waals surface area (Å²) in [4.78, 5) is 24.7. The van der Waals surface area contributed by atoms with Crippen LogP contribution >= 0.6 is 0 Å². The molecule has 0 aliphatic carbocycles. The van der Waals surface area contributed by atoms with E-state index in [4.69, 9.17) is 9.47 Å². The number of benzene rings is 1. The molecule has 2 aromatic rings. The largest absolute Gasteiger partial charge is 0.465 e. The molecule has 0 radical (unpaired) electrons. The fraction of sp³-hybridized carbons (Fsp3) is 0.353. The van der Waals surface area contributed by atoms with E-state index in [1.165, 1.54) is 13.4 Å². The molecule has 1 aromatic carbocycles. The van der Waals surface area contributed by atoms with Gasteiger partial charge in [-0.05, 0) is 12.1 Å². The molecule has 3 rings (SSSR count). The van der Waals surface area contributed by atoms with Crippen LogP contribution < -0.4 is 9.80 Å². The van der Waals surface area contributed by atoms with E-state index in [1.807, 2.05) is 36.2 Å². The van der Waals surface area contributed by atoms with Crippen molar-refractivity contribution in [3.63, 3.8) is 0 Å². The highest BCUT2D eigenvalue weighted by Gasteiger charge is 2.18. The number of hydrogen-bond donors (Lipinski definition) is 0. The maximum absolute atomic E-state index is 12.0. The molecule has 0 spiro atoms. The van der Waals surface area contributed by atoms with Crippen LogP contribution in [0.4, 0.5) is 17.3 Å². The van der Waals surface area contributed by atoms with E-state index >= 15 is 0 Å². The van der Waals surface area contributed by atoms with E-state index in [2.05, 4.69) is 14.9 Å². The number of esters is 1. The van der Waals surface area contributed by atoms with Gasteiger partial charge >= 0.3 is 5.97 Å². The number of morpholine rings is 1. The molecule has 0 unspecified atom stereocenters. The zero-order valence-electron chi connectivity index (χ0n) is 13.8. The molecule has 0 N–H and O–H groups in total. The summed E-state index contributed by atoms with van der Waals surface area (Å²) in [5, 5.41) is 0. The first-order valence-electron chi connectivity index (χ1n) is 7.76. The number of rotatable bonds is 4. The summed E-state index contributed by atoms with van der Waals surface area (Å²) in [7, 11) is 3.24. The lowest BCUT2D eigenvalue weighted by Crippen LogP contribution is -2.36. The van der Waals surface area contributed by atoms with Gasteiger partial charge in [-0.25, -0.2) is 14.8 Å². The molecule has 24 heavy (non-hydrogen) atoms. The minimum atomic E-state index is -0.375. The Morgan fingerprint density at radius 3 is 2.75 bits per heavy atom.